The third kappa shape index (κ3) is 4.87. The largest absolute Gasteiger partial charge is 0.493 e. The standard InChI is InChI=1S/C21H26F3NO3/c1-13-7-17-9-19(28-12-14(2)21(22,23)24)4-3-15(17)8-18(13)11-25-6-5-16(10-25)20(26)27/h3-4,8-9,13-14,16H,5-7,10-12H2,1-2H3,(H,26,27)/t13-,14-,16?/m0/s1. The molecule has 1 saturated heterocycles. The summed E-state index contributed by atoms with van der Waals surface area (Å²) < 4.78 is 43.3. The summed E-state index contributed by atoms with van der Waals surface area (Å²) in [7, 11) is 0. The second-order valence-corrected chi connectivity index (χ2v) is 8.00. The molecule has 7 heteroatoms. The molecule has 1 heterocycles. The lowest BCUT2D eigenvalue weighted by Crippen LogP contribution is -2.28. The number of hydrogen-bond donors (Lipinski definition) is 1. The average molecular weight is 397 g/mol. The molecule has 0 bridgehead atoms. The van der Waals surface area contributed by atoms with Crippen molar-refractivity contribution in [3.8, 4) is 5.75 Å². The summed E-state index contributed by atoms with van der Waals surface area (Å²) >= 11 is 0. The normalized spacial score (nSPS) is 23.8. The van der Waals surface area contributed by atoms with Gasteiger partial charge in [-0.2, -0.15) is 13.2 Å². The second kappa shape index (κ2) is 8.15. The Morgan fingerprint density at radius 1 is 1.39 bits per heavy atom. The van der Waals surface area contributed by atoms with Gasteiger partial charge in [0.2, 0.25) is 0 Å². The van der Waals surface area contributed by atoms with Crippen LogP contribution in [0.3, 0.4) is 0 Å². The lowest BCUT2D eigenvalue weighted by Gasteiger charge is -2.27. The fourth-order valence-corrected chi connectivity index (χ4v) is 3.75. The molecular formula is C21H26F3NO3. The summed E-state index contributed by atoms with van der Waals surface area (Å²) in [4.78, 5) is 13.3. The average Bonchev–Trinajstić information content (AvgIpc) is 3.08. The minimum atomic E-state index is -4.25. The van der Waals surface area contributed by atoms with Gasteiger partial charge < -0.3 is 9.84 Å². The van der Waals surface area contributed by atoms with Crippen LogP contribution in [0.25, 0.3) is 6.08 Å². The number of hydrogen-bond acceptors (Lipinski definition) is 3. The first-order valence-electron chi connectivity index (χ1n) is 9.61. The van der Waals surface area contributed by atoms with E-state index < -0.39 is 24.7 Å². The van der Waals surface area contributed by atoms with Crippen molar-refractivity contribution in [2.24, 2.45) is 17.8 Å². The van der Waals surface area contributed by atoms with Gasteiger partial charge in [0.15, 0.2) is 0 Å². The lowest BCUT2D eigenvalue weighted by atomic mass is 9.84. The van der Waals surface area contributed by atoms with Gasteiger partial charge in [-0.3, -0.25) is 9.69 Å². The summed E-state index contributed by atoms with van der Waals surface area (Å²) in [6.45, 7) is 4.97. The Bertz CT molecular complexity index is 760. The topological polar surface area (TPSA) is 49.8 Å². The first-order chi connectivity index (χ1) is 13.1. The van der Waals surface area contributed by atoms with Crippen LogP contribution >= 0.6 is 0 Å². The van der Waals surface area contributed by atoms with Gasteiger partial charge in [0.1, 0.15) is 5.75 Å². The predicted molar refractivity (Wildman–Crippen MR) is 100 cm³/mol. The first-order valence-corrected chi connectivity index (χ1v) is 9.61. The van der Waals surface area contributed by atoms with E-state index >= 15 is 0 Å². The Balaban J connectivity index is 1.65. The number of ether oxygens (including phenoxy) is 1. The van der Waals surface area contributed by atoms with E-state index in [4.69, 9.17) is 9.84 Å². The number of benzene rings is 1. The molecule has 0 radical (unpaired) electrons. The molecule has 0 amide bonds. The van der Waals surface area contributed by atoms with Crippen LogP contribution in [-0.2, 0) is 11.2 Å². The van der Waals surface area contributed by atoms with E-state index in [1.54, 1.807) is 6.07 Å². The van der Waals surface area contributed by atoms with Crippen molar-refractivity contribution in [1.29, 1.82) is 0 Å². The van der Waals surface area contributed by atoms with Crippen LogP contribution in [0, 0.1) is 17.8 Å². The molecule has 1 unspecified atom stereocenters. The number of carbonyl (C=O) groups is 1. The lowest BCUT2D eigenvalue weighted by molar-refractivity contribution is -0.176. The number of aliphatic carboxylic acids is 1. The Kier molecular flexibility index (Phi) is 6.03. The second-order valence-electron chi connectivity index (χ2n) is 8.00. The molecule has 0 spiro atoms. The molecule has 154 valence electrons. The summed E-state index contributed by atoms with van der Waals surface area (Å²) in [6, 6.07) is 5.43. The third-order valence-corrected chi connectivity index (χ3v) is 5.70. The summed E-state index contributed by atoms with van der Waals surface area (Å²) in [5, 5.41) is 9.15. The summed E-state index contributed by atoms with van der Waals surface area (Å²) in [6.07, 6.45) is -0.649. The van der Waals surface area contributed by atoms with Crippen molar-refractivity contribution >= 4 is 12.0 Å². The van der Waals surface area contributed by atoms with Gasteiger partial charge in [0, 0.05) is 13.1 Å². The summed E-state index contributed by atoms with van der Waals surface area (Å²) in [5.41, 5.74) is 3.38. The number of alkyl halides is 3. The molecule has 1 aromatic rings. The van der Waals surface area contributed by atoms with Crippen molar-refractivity contribution in [1.82, 2.24) is 4.90 Å². The Morgan fingerprint density at radius 3 is 2.79 bits per heavy atom. The van der Waals surface area contributed by atoms with Gasteiger partial charge in [-0.25, -0.2) is 0 Å². The van der Waals surface area contributed by atoms with Crippen LogP contribution in [0.2, 0.25) is 0 Å². The van der Waals surface area contributed by atoms with Crippen LogP contribution in [0.4, 0.5) is 13.2 Å². The molecule has 1 aliphatic carbocycles. The summed E-state index contributed by atoms with van der Waals surface area (Å²) in [5.74, 6) is -1.77. The molecule has 0 aromatic heterocycles. The third-order valence-electron chi connectivity index (χ3n) is 5.70. The fourth-order valence-electron chi connectivity index (χ4n) is 3.75. The number of carboxylic acids is 1. The predicted octanol–water partition coefficient (Wildman–Crippen LogP) is 4.25. The van der Waals surface area contributed by atoms with E-state index in [9.17, 15) is 18.0 Å². The number of halogens is 3. The smallest absolute Gasteiger partial charge is 0.394 e. The molecule has 3 rings (SSSR count). The van der Waals surface area contributed by atoms with Gasteiger partial charge >= 0.3 is 12.1 Å². The zero-order valence-corrected chi connectivity index (χ0v) is 16.1. The molecule has 2 aliphatic rings. The quantitative estimate of drug-likeness (QED) is 0.780. The number of fused-ring (bicyclic) bond motifs is 1. The SMILES string of the molecule is C[C@H]1Cc2cc(OC[C@H](C)C(F)(F)F)ccc2C=C1CN1CCC(C(=O)O)C1. The van der Waals surface area contributed by atoms with Crippen LogP contribution in [0.5, 0.6) is 5.75 Å². The Labute approximate surface area is 163 Å². The maximum absolute atomic E-state index is 12.6. The van der Waals surface area contributed by atoms with Gasteiger partial charge in [0.25, 0.3) is 0 Å². The van der Waals surface area contributed by atoms with Gasteiger partial charge in [0.05, 0.1) is 18.4 Å². The van der Waals surface area contributed by atoms with Gasteiger partial charge in [-0.1, -0.05) is 31.6 Å². The van der Waals surface area contributed by atoms with E-state index in [0.29, 0.717) is 24.6 Å². The minimum absolute atomic E-state index is 0.287. The molecule has 0 saturated carbocycles. The number of likely N-dealkylation sites (tertiary alicyclic amines) is 1. The number of rotatable bonds is 6. The van der Waals surface area contributed by atoms with Gasteiger partial charge in [-0.05, 0) is 48.6 Å². The van der Waals surface area contributed by atoms with E-state index in [2.05, 4.69) is 17.9 Å². The van der Waals surface area contributed by atoms with Crippen LogP contribution in [-0.4, -0.2) is 48.4 Å². The highest BCUT2D eigenvalue weighted by atomic mass is 19.4. The number of nitrogens with zero attached hydrogens (tertiary/aromatic N) is 1. The molecule has 1 aromatic carbocycles. The first kappa shape index (κ1) is 20.7. The molecule has 1 N–H and O–H groups in total. The van der Waals surface area contributed by atoms with E-state index in [0.717, 1.165) is 37.6 Å². The van der Waals surface area contributed by atoms with E-state index in [1.165, 1.54) is 5.57 Å². The molecule has 1 fully saturated rings. The van der Waals surface area contributed by atoms with Crippen molar-refractivity contribution < 1.29 is 27.8 Å². The highest BCUT2D eigenvalue weighted by Gasteiger charge is 2.36. The van der Waals surface area contributed by atoms with E-state index in [1.807, 2.05) is 12.1 Å². The molecule has 1 aliphatic heterocycles. The van der Waals surface area contributed by atoms with Crippen molar-refractivity contribution in [3.63, 3.8) is 0 Å². The molecule has 4 nitrogen and oxygen atoms in total. The minimum Gasteiger partial charge on any atom is -0.493 e. The van der Waals surface area contributed by atoms with Crippen LogP contribution < -0.4 is 4.74 Å². The van der Waals surface area contributed by atoms with Crippen molar-refractivity contribution in [2.75, 3.05) is 26.2 Å². The van der Waals surface area contributed by atoms with Crippen LogP contribution in [0.1, 0.15) is 31.4 Å². The zero-order chi connectivity index (χ0) is 20.5. The zero-order valence-electron chi connectivity index (χ0n) is 16.1. The molecular weight excluding hydrogens is 371 g/mol. The van der Waals surface area contributed by atoms with Crippen LogP contribution in [0.15, 0.2) is 23.8 Å². The highest BCUT2D eigenvalue weighted by molar-refractivity contribution is 5.70. The Morgan fingerprint density at radius 2 is 2.14 bits per heavy atom. The van der Waals surface area contributed by atoms with Crippen molar-refractivity contribution in [3.05, 3.63) is 34.9 Å². The monoisotopic (exact) mass is 397 g/mol. The maximum atomic E-state index is 12.6. The van der Waals surface area contributed by atoms with Gasteiger partial charge in [-0.15, -0.1) is 0 Å². The fraction of sp³-hybridized carbons (Fsp3) is 0.571. The maximum Gasteiger partial charge on any atom is 0.394 e. The Hall–Kier alpha value is -2.02. The van der Waals surface area contributed by atoms with E-state index in [-0.39, 0.29) is 5.92 Å². The highest BCUT2D eigenvalue weighted by Crippen LogP contribution is 2.33. The number of carboxylic acid groups (broad SMARTS) is 1. The molecule has 28 heavy (non-hydrogen) atoms. The molecule has 3 atom stereocenters. The van der Waals surface area contributed by atoms with Crippen molar-refractivity contribution in [2.45, 2.75) is 32.9 Å².